The van der Waals surface area contributed by atoms with E-state index in [0.717, 1.165) is 55.4 Å². The van der Waals surface area contributed by atoms with Crippen molar-refractivity contribution in [3.05, 3.63) is 65.7 Å². The van der Waals surface area contributed by atoms with Gasteiger partial charge in [-0.3, -0.25) is 4.90 Å². The first-order valence-corrected chi connectivity index (χ1v) is 13.0. The van der Waals surface area contributed by atoms with E-state index in [0.29, 0.717) is 18.7 Å². The van der Waals surface area contributed by atoms with Crippen LogP contribution >= 0.6 is 0 Å². The van der Waals surface area contributed by atoms with Crippen molar-refractivity contribution in [1.29, 1.82) is 0 Å². The zero-order valence-corrected chi connectivity index (χ0v) is 21.6. The van der Waals surface area contributed by atoms with Gasteiger partial charge in [0, 0.05) is 43.8 Å². The van der Waals surface area contributed by atoms with E-state index < -0.39 is 0 Å². The summed E-state index contributed by atoms with van der Waals surface area (Å²) in [5.74, 6) is 1.18. The van der Waals surface area contributed by atoms with Crippen molar-refractivity contribution in [3.8, 4) is 11.5 Å². The number of aromatic hydroxyl groups is 1. The van der Waals surface area contributed by atoms with Gasteiger partial charge in [-0.2, -0.15) is 0 Å². The largest absolute Gasteiger partial charge is 0.508 e. The van der Waals surface area contributed by atoms with E-state index in [4.69, 9.17) is 4.74 Å². The maximum Gasteiger partial charge on any atom is 0.119 e. The number of anilines is 1. The van der Waals surface area contributed by atoms with E-state index in [1.807, 2.05) is 12.1 Å². The molecular weight excluding hydrogens is 436 g/mol. The molecule has 3 aromatic rings. The predicted octanol–water partition coefficient (Wildman–Crippen LogP) is 5.59. The lowest BCUT2D eigenvalue weighted by molar-refractivity contribution is 0.142. The minimum atomic E-state index is -0.201. The highest BCUT2D eigenvalue weighted by Gasteiger charge is 2.21. The number of rotatable bonds is 9. The van der Waals surface area contributed by atoms with Crippen LogP contribution in [0.3, 0.4) is 0 Å². The number of aliphatic hydroxyl groups is 1. The minimum absolute atomic E-state index is 0.201. The van der Waals surface area contributed by atoms with Crippen LogP contribution in [-0.2, 0) is 6.42 Å². The molecule has 0 aromatic heterocycles. The van der Waals surface area contributed by atoms with Crippen molar-refractivity contribution in [2.45, 2.75) is 65.1 Å². The molecular formula is C30H40N2O3. The van der Waals surface area contributed by atoms with Gasteiger partial charge in [0.2, 0.25) is 0 Å². The Balaban J connectivity index is 1.52. The zero-order chi connectivity index (χ0) is 24.9. The average Bonchev–Trinajstić information content (AvgIpc) is 2.83. The van der Waals surface area contributed by atoms with Gasteiger partial charge in [0.05, 0.1) is 6.10 Å². The second-order valence-electron chi connectivity index (χ2n) is 10.3. The highest BCUT2D eigenvalue weighted by molar-refractivity contribution is 5.91. The van der Waals surface area contributed by atoms with Crippen molar-refractivity contribution in [2.75, 3.05) is 31.1 Å². The SMILES string of the molecule is CC(C)N(CCOc1ccc(Cc2c(N3CCC(O)CC3)ccc3cc(O)ccc23)cc1)C(C)C. The standard InChI is InChI=1S/C30H40N2O3/c1-21(2)32(22(3)4)17-18-35-27-9-5-23(6-10-27)19-29-28-11-8-26(34)20-24(28)7-12-30(29)31-15-13-25(33)14-16-31/h5-12,20-22,25,33-34H,13-19H2,1-4H3. The van der Waals surface area contributed by atoms with Crippen molar-refractivity contribution in [1.82, 2.24) is 4.90 Å². The van der Waals surface area contributed by atoms with Gasteiger partial charge in [-0.15, -0.1) is 0 Å². The molecule has 0 aliphatic carbocycles. The Morgan fingerprint density at radius 1 is 0.943 bits per heavy atom. The predicted molar refractivity (Wildman–Crippen MR) is 145 cm³/mol. The van der Waals surface area contributed by atoms with Crippen LogP contribution in [0.15, 0.2) is 54.6 Å². The number of phenols is 1. The molecule has 0 radical (unpaired) electrons. The molecule has 2 N–H and O–H groups in total. The molecule has 1 aliphatic heterocycles. The summed E-state index contributed by atoms with van der Waals surface area (Å²) in [6.45, 7) is 12.2. The Hall–Kier alpha value is -2.76. The van der Waals surface area contributed by atoms with Crippen LogP contribution in [0, 0.1) is 0 Å². The third kappa shape index (κ3) is 6.28. The maximum atomic E-state index is 10.00. The molecule has 1 heterocycles. The molecule has 1 aliphatic rings. The molecule has 0 unspecified atom stereocenters. The Kier molecular flexibility index (Phi) is 8.19. The van der Waals surface area contributed by atoms with Crippen molar-refractivity contribution < 1.29 is 14.9 Å². The van der Waals surface area contributed by atoms with Crippen molar-refractivity contribution in [2.24, 2.45) is 0 Å². The van der Waals surface area contributed by atoms with E-state index in [1.165, 1.54) is 16.8 Å². The number of fused-ring (bicyclic) bond motifs is 1. The fourth-order valence-corrected chi connectivity index (χ4v) is 5.25. The van der Waals surface area contributed by atoms with E-state index in [2.05, 4.69) is 73.9 Å². The third-order valence-electron chi connectivity index (χ3n) is 7.14. The first kappa shape index (κ1) is 25.3. The maximum absolute atomic E-state index is 10.00. The fraction of sp³-hybridized carbons (Fsp3) is 0.467. The molecule has 5 nitrogen and oxygen atoms in total. The van der Waals surface area contributed by atoms with Crippen LogP contribution in [-0.4, -0.2) is 59.5 Å². The number of hydrogen-bond donors (Lipinski definition) is 2. The molecule has 1 saturated heterocycles. The van der Waals surface area contributed by atoms with Gasteiger partial charge in [0.1, 0.15) is 18.1 Å². The quantitative estimate of drug-likeness (QED) is 0.421. The Bertz CT molecular complexity index is 1090. The van der Waals surface area contributed by atoms with Crippen LogP contribution in [0.25, 0.3) is 10.8 Å². The Morgan fingerprint density at radius 2 is 1.63 bits per heavy atom. The molecule has 188 valence electrons. The Morgan fingerprint density at radius 3 is 2.29 bits per heavy atom. The third-order valence-corrected chi connectivity index (χ3v) is 7.14. The Labute approximate surface area is 209 Å². The molecule has 0 atom stereocenters. The van der Waals surface area contributed by atoms with E-state index in [9.17, 15) is 10.2 Å². The monoisotopic (exact) mass is 476 g/mol. The summed E-state index contributed by atoms with van der Waals surface area (Å²) >= 11 is 0. The number of phenolic OH excluding ortho intramolecular Hbond substituents is 1. The smallest absolute Gasteiger partial charge is 0.119 e. The van der Waals surface area contributed by atoms with Crippen LogP contribution < -0.4 is 9.64 Å². The highest BCUT2D eigenvalue weighted by atomic mass is 16.5. The fourth-order valence-electron chi connectivity index (χ4n) is 5.25. The van der Waals surface area contributed by atoms with Gasteiger partial charge in [-0.05, 0) is 92.8 Å². The van der Waals surface area contributed by atoms with E-state index >= 15 is 0 Å². The molecule has 0 amide bonds. The van der Waals surface area contributed by atoms with Crippen molar-refractivity contribution in [3.63, 3.8) is 0 Å². The minimum Gasteiger partial charge on any atom is -0.508 e. The van der Waals surface area contributed by atoms with Crippen molar-refractivity contribution >= 4 is 16.5 Å². The second kappa shape index (κ2) is 11.3. The molecule has 0 bridgehead atoms. The van der Waals surface area contributed by atoms with E-state index in [1.54, 1.807) is 6.07 Å². The average molecular weight is 477 g/mol. The number of nitrogens with zero attached hydrogens (tertiary/aromatic N) is 2. The summed E-state index contributed by atoms with van der Waals surface area (Å²) < 4.78 is 6.05. The molecule has 3 aromatic carbocycles. The van der Waals surface area contributed by atoms with Gasteiger partial charge in [0.25, 0.3) is 0 Å². The molecule has 0 saturated carbocycles. The lowest BCUT2D eigenvalue weighted by Gasteiger charge is -2.33. The number of ether oxygens (including phenoxy) is 1. The van der Waals surface area contributed by atoms with Crippen LogP contribution in [0.1, 0.15) is 51.7 Å². The normalized spacial score (nSPS) is 15.0. The highest BCUT2D eigenvalue weighted by Crippen LogP contribution is 2.34. The summed E-state index contributed by atoms with van der Waals surface area (Å²) in [5.41, 5.74) is 3.71. The molecule has 1 fully saturated rings. The van der Waals surface area contributed by atoms with Gasteiger partial charge in [-0.1, -0.05) is 24.3 Å². The summed E-state index contributed by atoms with van der Waals surface area (Å²) in [6.07, 6.45) is 2.19. The first-order valence-electron chi connectivity index (χ1n) is 13.0. The van der Waals surface area contributed by atoms with Crippen LogP contribution in [0.4, 0.5) is 5.69 Å². The van der Waals surface area contributed by atoms with E-state index in [-0.39, 0.29) is 11.9 Å². The van der Waals surface area contributed by atoms with Gasteiger partial charge in [0.15, 0.2) is 0 Å². The lowest BCUT2D eigenvalue weighted by Crippen LogP contribution is -2.39. The molecule has 4 rings (SSSR count). The number of benzene rings is 3. The molecule has 5 heteroatoms. The lowest BCUT2D eigenvalue weighted by atomic mass is 9.94. The molecule has 35 heavy (non-hydrogen) atoms. The summed E-state index contributed by atoms with van der Waals surface area (Å²) in [5, 5.41) is 22.2. The number of piperidine rings is 1. The van der Waals surface area contributed by atoms with Gasteiger partial charge in [-0.25, -0.2) is 0 Å². The van der Waals surface area contributed by atoms with Crippen LogP contribution in [0.5, 0.6) is 11.5 Å². The van der Waals surface area contributed by atoms with Crippen LogP contribution in [0.2, 0.25) is 0 Å². The molecule has 0 spiro atoms. The number of aliphatic hydroxyl groups excluding tert-OH is 1. The van der Waals surface area contributed by atoms with Gasteiger partial charge < -0.3 is 19.8 Å². The topological polar surface area (TPSA) is 56.2 Å². The number of hydrogen-bond acceptors (Lipinski definition) is 5. The van der Waals surface area contributed by atoms with Gasteiger partial charge >= 0.3 is 0 Å². The second-order valence-corrected chi connectivity index (χ2v) is 10.3. The summed E-state index contributed by atoms with van der Waals surface area (Å²) in [7, 11) is 0. The first-order chi connectivity index (χ1) is 16.8. The summed E-state index contributed by atoms with van der Waals surface area (Å²) in [4.78, 5) is 4.83. The zero-order valence-electron chi connectivity index (χ0n) is 21.6. The summed E-state index contributed by atoms with van der Waals surface area (Å²) in [6, 6.07) is 19.3.